The number of aromatic nitrogens is 3. The van der Waals surface area contributed by atoms with Crippen molar-refractivity contribution in [2.24, 2.45) is 0 Å². The lowest BCUT2D eigenvalue weighted by Crippen LogP contribution is -2.51. The van der Waals surface area contributed by atoms with E-state index in [9.17, 15) is 19.9 Å². The number of nitrogens with one attached hydrogen (secondary N) is 1. The van der Waals surface area contributed by atoms with Crippen LogP contribution in [0, 0.1) is 5.21 Å². The van der Waals surface area contributed by atoms with Gasteiger partial charge >= 0.3 is 0 Å². The van der Waals surface area contributed by atoms with Crippen LogP contribution in [0.4, 0.5) is 0 Å². The summed E-state index contributed by atoms with van der Waals surface area (Å²) in [6.45, 7) is 0. The van der Waals surface area contributed by atoms with E-state index in [-0.39, 0.29) is 22.9 Å². The van der Waals surface area contributed by atoms with Crippen LogP contribution in [-0.2, 0) is 28.9 Å². The standard InChI is InChI=1S/C24H26N5O5/c1-34-27-23(31)21(30)20(14-16-8-3-2-4-9-16)29(33)24(32)18-11-7-13-25-22(18)28-15-17-10-5-6-12-19(17)26-28/h2-4,7-9,11,13,15,20-21,30H,5-6,10,12,14H2,1H3,(H,27,31)/q-1. The van der Waals surface area contributed by atoms with E-state index in [1.165, 1.54) is 24.1 Å². The minimum atomic E-state index is -1.82. The second kappa shape index (κ2) is 10.6. The lowest BCUT2D eigenvalue weighted by Gasteiger charge is -2.39. The number of aliphatic hydroxyl groups excluding tert-OH is 1. The highest BCUT2D eigenvalue weighted by Gasteiger charge is 2.31. The van der Waals surface area contributed by atoms with Crippen LogP contribution in [0.3, 0.4) is 0 Å². The first-order chi connectivity index (χ1) is 16.5. The van der Waals surface area contributed by atoms with Gasteiger partial charge in [0.15, 0.2) is 11.9 Å². The molecule has 34 heavy (non-hydrogen) atoms. The number of rotatable bonds is 8. The number of pyridine rings is 1. The number of hydrogen-bond acceptors (Lipinski definition) is 7. The van der Waals surface area contributed by atoms with Gasteiger partial charge in [0.25, 0.3) is 5.91 Å². The number of amides is 2. The molecule has 10 nitrogen and oxygen atoms in total. The van der Waals surface area contributed by atoms with Gasteiger partial charge < -0.3 is 15.4 Å². The summed E-state index contributed by atoms with van der Waals surface area (Å²) in [5.74, 6) is -1.64. The highest BCUT2D eigenvalue weighted by molar-refractivity contribution is 5.98. The van der Waals surface area contributed by atoms with E-state index in [1.807, 2.05) is 11.7 Å². The molecule has 0 spiro atoms. The van der Waals surface area contributed by atoms with Gasteiger partial charge in [0.05, 0.1) is 24.4 Å². The highest BCUT2D eigenvalue weighted by atomic mass is 16.6. The van der Waals surface area contributed by atoms with Crippen molar-refractivity contribution in [3.8, 4) is 5.82 Å². The molecule has 0 bridgehead atoms. The number of hydroxylamine groups is 3. The van der Waals surface area contributed by atoms with Crippen LogP contribution in [-0.4, -0.2) is 56.0 Å². The Morgan fingerprint density at radius 1 is 1.21 bits per heavy atom. The van der Waals surface area contributed by atoms with E-state index < -0.39 is 24.0 Å². The third kappa shape index (κ3) is 4.98. The molecule has 0 saturated heterocycles. The van der Waals surface area contributed by atoms with Crippen molar-refractivity contribution in [1.29, 1.82) is 0 Å². The summed E-state index contributed by atoms with van der Waals surface area (Å²) in [7, 11) is 1.21. The number of carbonyl (C=O) groups is 2. The molecule has 0 fully saturated rings. The Bertz CT molecular complexity index is 1130. The maximum Gasteiger partial charge on any atom is 0.274 e. The smallest absolute Gasteiger partial charge is 0.274 e. The molecule has 2 unspecified atom stereocenters. The van der Waals surface area contributed by atoms with Crippen molar-refractivity contribution in [3.63, 3.8) is 0 Å². The fraction of sp³-hybridized carbons (Fsp3) is 0.333. The Morgan fingerprint density at radius 3 is 2.71 bits per heavy atom. The van der Waals surface area contributed by atoms with E-state index in [4.69, 9.17) is 0 Å². The average Bonchev–Trinajstić information content (AvgIpc) is 3.31. The molecule has 2 aromatic heterocycles. The molecule has 1 aromatic carbocycles. The summed E-state index contributed by atoms with van der Waals surface area (Å²) >= 11 is 0. The van der Waals surface area contributed by atoms with E-state index >= 15 is 0 Å². The van der Waals surface area contributed by atoms with Crippen LogP contribution in [0.25, 0.3) is 5.82 Å². The summed E-state index contributed by atoms with van der Waals surface area (Å²) in [5.41, 5.74) is 4.78. The molecule has 10 heteroatoms. The zero-order valence-corrected chi connectivity index (χ0v) is 18.8. The van der Waals surface area contributed by atoms with Crippen LogP contribution in [0.15, 0.2) is 54.9 Å². The first-order valence-corrected chi connectivity index (χ1v) is 11.1. The molecule has 3 aromatic rings. The van der Waals surface area contributed by atoms with E-state index in [0.29, 0.717) is 5.56 Å². The second-order valence-corrected chi connectivity index (χ2v) is 8.13. The van der Waals surface area contributed by atoms with Gasteiger partial charge in [-0.1, -0.05) is 30.3 Å². The van der Waals surface area contributed by atoms with E-state index in [1.54, 1.807) is 36.4 Å². The van der Waals surface area contributed by atoms with Crippen molar-refractivity contribution >= 4 is 11.8 Å². The fourth-order valence-electron chi connectivity index (χ4n) is 4.11. The zero-order valence-electron chi connectivity index (χ0n) is 18.8. The Balaban J connectivity index is 1.66. The maximum absolute atomic E-state index is 13.4. The number of carbonyl (C=O) groups excluding carboxylic acids is 2. The SMILES string of the molecule is CONC(=O)C(O)C(Cc1ccccc1)N([O-])C(=O)c1cccnc1-n1cc2c(n1)CCCC2. The molecule has 2 atom stereocenters. The summed E-state index contributed by atoms with van der Waals surface area (Å²) in [4.78, 5) is 34.5. The molecule has 0 saturated carbocycles. The predicted octanol–water partition coefficient (Wildman–Crippen LogP) is 1.74. The van der Waals surface area contributed by atoms with Gasteiger partial charge in [-0.15, -0.1) is 0 Å². The number of benzene rings is 1. The monoisotopic (exact) mass is 464 g/mol. The molecule has 0 aliphatic heterocycles. The topological polar surface area (TPSA) is 133 Å². The molecule has 2 N–H and O–H groups in total. The van der Waals surface area contributed by atoms with Gasteiger partial charge in [0, 0.05) is 12.4 Å². The summed E-state index contributed by atoms with van der Waals surface area (Å²) in [6, 6.07) is 10.5. The minimum absolute atomic E-state index is 0.0229. The normalized spacial score (nSPS) is 14.7. The van der Waals surface area contributed by atoms with Gasteiger partial charge in [-0.25, -0.2) is 15.1 Å². The van der Waals surface area contributed by atoms with Gasteiger partial charge in [-0.3, -0.25) is 14.4 Å². The summed E-state index contributed by atoms with van der Waals surface area (Å²) in [6.07, 6.45) is 5.37. The summed E-state index contributed by atoms with van der Waals surface area (Å²) < 4.78 is 1.53. The Hall–Kier alpha value is -3.60. The van der Waals surface area contributed by atoms with Gasteiger partial charge in [0.1, 0.15) is 0 Å². The van der Waals surface area contributed by atoms with Crippen molar-refractivity contribution in [2.45, 2.75) is 44.2 Å². The predicted molar refractivity (Wildman–Crippen MR) is 123 cm³/mol. The van der Waals surface area contributed by atoms with Gasteiger partial charge in [-0.05, 0) is 55.4 Å². The first-order valence-electron chi connectivity index (χ1n) is 11.1. The van der Waals surface area contributed by atoms with Crippen LogP contribution < -0.4 is 5.48 Å². The molecule has 0 radical (unpaired) electrons. The third-order valence-corrected chi connectivity index (χ3v) is 5.85. The van der Waals surface area contributed by atoms with E-state index in [2.05, 4.69) is 14.9 Å². The van der Waals surface area contributed by atoms with Crippen molar-refractivity contribution in [3.05, 3.63) is 82.4 Å². The molecule has 2 heterocycles. The van der Waals surface area contributed by atoms with E-state index in [0.717, 1.165) is 36.9 Å². The fourth-order valence-corrected chi connectivity index (χ4v) is 4.11. The molecule has 1 aliphatic carbocycles. The molecular weight excluding hydrogens is 438 g/mol. The third-order valence-electron chi connectivity index (χ3n) is 5.85. The Kier molecular flexibility index (Phi) is 7.31. The molecule has 2 amide bonds. The zero-order chi connectivity index (χ0) is 24.1. The number of hydrogen-bond donors (Lipinski definition) is 2. The molecule has 4 rings (SSSR count). The van der Waals surface area contributed by atoms with Crippen molar-refractivity contribution in [2.75, 3.05) is 7.11 Å². The quantitative estimate of drug-likeness (QED) is 0.485. The highest BCUT2D eigenvalue weighted by Crippen LogP contribution is 2.23. The van der Waals surface area contributed by atoms with Crippen molar-refractivity contribution in [1.82, 2.24) is 25.3 Å². The van der Waals surface area contributed by atoms with Gasteiger partial charge in [0.2, 0.25) is 5.91 Å². The maximum atomic E-state index is 13.4. The van der Waals surface area contributed by atoms with Crippen LogP contribution in [0.5, 0.6) is 0 Å². The van der Waals surface area contributed by atoms with Crippen LogP contribution >= 0.6 is 0 Å². The largest absolute Gasteiger partial charge is 0.756 e. The van der Waals surface area contributed by atoms with Gasteiger partial charge in [-0.2, -0.15) is 5.10 Å². The van der Waals surface area contributed by atoms with Crippen LogP contribution in [0.1, 0.15) is 40.0 Å². The number of aliphatic hydroxyl groups is 1. The summed E-state index contributed by atoms with van der Waals surface area (Å²) in [5, 5.41) is 28.6. The number of aryl methyl sites for hydroxylation is 2. The molecule has 178 valence electrons. The molecule has 1 aliphatic rings. The molecular formula is C24H26N5O5-. The lowest BCUT2D eigenvalue weighted by atomic mass is 9.99. The Morgan fingerprint density at radius 2 is 1.97 bits per heavy atom. The minimum Gasteiger partial charge on any atom is -0.756 e. The first kappa shape index (κ1) is 23.6. The second-order valence-electron chi connectivity index (χ2n) is 8.13. The number of nitrogens with zero attached hydrogens (tertiary/aromatic N) is 4. The Labute approximate surface area is 196 Å². The van der Waals surface area contributed by atoms with Crippen molar-refractivity contribution < 1.29 is 19.5 Å². The number of fused-ring (bicyclic) bond motifs is 1. The van der Waals surface area contributed by atoms with Crippen LogP contribution in [0.2, 0.25) is 0 Å². The lowest BCUT2D eigenvalue weighted by molar-refractivity contribution is -0.142. The average molecular weight is 465 g/mol.